The van der Waals surface area contributed by atoms with E-state index in [1.807, 2.05) is 12.3 Å². The number of pyridine rings is 1. The summed E-state index contributed by atoms with van der Waals surface area (Å²) in [7, 11) is 0. The van der Waals surface area contributed by atoms with Crippen molar-refractivity contribution in [3.63, 3.8) is 0 Å². The fraction of sp³-hybridized carbons (Fsp3) is 0.706. The highest BCUT2D eigenvalue weighted by Gasteiger charge is 2.38. The molecule has 4 saturated heterocycles. The molecule has 1 unspecified atom stereocenters. The SMILES string of the molecule is Cc1cccnc1N1CCN(C2CN3CCC2CC3)CC1. The predicted octanol–water partition coefficient (Wildman–Crippen LogP) is 1.61. The topological polar surface area (TPSA) is 22.6 Å². The summed E-state index contributed by atoms with van der Waals surface area (Å²) in [5.74, 6) is 2.14. The van der Waals surface area contributed by atoms with E-state index in [1.54, 1.807) is 0 Å². The number of hydrogen-bond donors (Lipinski definition) is 0. The normalized spacial score (nSPS) is 33.4. The van der Waals surface area contributed by atoms with E-state index < -0.39 is 0 Å². The maximum Gasteiger partial charge on any atom is 0.131 e. The quantitative estimate of drug-likeness (QED) is 0.824. The van der Waals surface area contributed by atoms with Gasteiger partial charge in [-0.1, -0.05) is 6.07 Å². The van der Waals surface area contributed by atoms with Crippen LogP contribution in [0.5, 0.6) is 0 Å². The van der Waals surface area contributed by atoms with Crippen LogP contribution < -0.4 is 4.90 Å². The Bertz CT molecular complexity index is 487. The standard InChI is InChI=1S/C17H26N4/c1-14-3-2-6-18-17(14)21-11-9-20(10-12-21)16-13-19-7-4-15(16)5-8-19/h2-3,6,15-16H,4-5,7-13H2,1H3. The second-order valence-electron chi connectivity index (χ2n) is 6.87. The number of piperazine rings is 1. The minimum absolute atomic E-state index is 0.819. The van der Waals surface area contributed by atoms with Crippen LogP contribution in [0.2, 0.25) is 0 Å². The van der Waals surface area contributed by atoms with Crippen LogP contribution in [-0.4, -0.2) is 66.6 Å². The first-order chi connectivity index (χ1) is 10.3. The van der Waals surface area contributed by atoms with E-state index >= 15 is 0 Å². The molecule has 0 N–H and O–H groups in total. The fourth-order valence-electron chi connectivity index (χ4n) is 4.42. The molecule has 0 aliphatic carbocycles. The van der Waals surface area contributed by atoms with Crippen LogP contribution in [0.4, 0.5) is 5.82 Å². The molecule has 0 saturated carbocycles. The monoisotopic (exact) mass is 286 g/mol. The van der Waals surface area contributed by atoms with E-state index in [9.17, 15) is 0 Å². The molecule has 4 fully saturated rings. The Morgan fingerprint density at radius 3 is 2.43 bits per heavy atom. The van der Waals surface area contributed by atoms with E-state index in [-0.39, 0.29) is 0 Å². The summed E-state index contributed by atoms with van der Waals surface area (Å²) in [5, 5.41) is 0. The Morgan fingerprint density at radius 1 is 1.05 bits per heavy atom. The molecule has 4 heteroatoms. The average molecular weight is 286 g/mol. The lowest BCUT2D eigenvalue weighted by molar-refractivity contribution is 0.00305. The molecule has 114 valence electrons. The van der Waals surface area contributed by atoms with Gasteiger partial charge in [-0.15, -0.1) is 0 Å². The predicted molar refractivity (Wildman–Crippen MR) is 85.7 cm³/mol. The van der Waals surface area contributed by atoms with Gasteiger partial charge in [-0.2, -0.15) is 0 Å². The Kier molecular flexibility index (Phi) is 3.59. The first kappa shape index (κ1) is 13.5. The zero-order valence-corrected chi connectivity index (χ0v) is 13.0. The molecule has 21 heavy (non-hydrogen) atoms. The number of nitrogens with zero attached hydrogens (tertiary/aromatic N) is 4. The highest BCUT2D eigenvalue weighted by Crippen LogP contribution is 2.31. The van der Waals surface area contributed by atoms with Gasteiger partial charge < -0.3 is 9.80 Å². The Morgan fingerprint density at radius 2 is 1.81 bits per heavy atom. The van der Waals surface area contributed by atoms with Crippen LogP contribution in [0.15, 0.2) is 18.3 Å². The molecule has 0 spiro atoms. The van der Waals surface area contributed by atoms with Crippen molar-refractivity contribution in [2.75, 3.05) is 50.7 Å². The second-order valence-corrected chi connectivity index (χ2v) is 6.87. The summed E-state index contributed by atoms with van der Waals surface area (Å²) in [6.45, 7) is 10.8. The van der Waals surface area contributed by atoms with Crippen LogP contribution in [-0.2, 0) is 0 Å². The molecule has 5 rings (SSSR count). The molecular weight excluding hydrogens is 260 g/mol. The van der Waals surface area contributed by atoms with Gasteiger partial charge in [0.05, 0.1) is 0 Å². The number of piperidine rings is 3. The van der Waals surface area contributed by atoms with Gasteiger partial charge in [0.25, 0.3) is 0 Å². The first-order valence-corrected chi connectivity index (χ1v) is 8.44. The van der Waals surface area contributed by atoms with E-state index in [1.165, 1.54) is 56.9 Å². The molecule has 1 aromatic heterocycles. The minimum atomic E-state index is 0.819. The largest absolute Gasteiger partial charge is 0.354 e. The number of aryl methyl sites for hydroxylation is 1. The summed E-state index contributed by atoms with van der Waals surface area (Å²) in [6, 6.07) is 5.02. The van der Waals surface area contributed by atoms with Gasteiger partial charge in [0.15, 0.2) is 0 Å². The third-order valence-electron chi connectivity index (χ3n) is 5.69. The minimum Gasteiger partial charge on any atom is -0.354 e. The molecule has 0 amide bonds. The molecule has 1 atom stereocenters. The number of aromatic nitrogens is 1. The highest BCUT2D eigenvalue weighted by molar-refractivity contribution is 5.46. The third-order valence-corrected chi connectivity index (χ3v) is 5.69. The maximum atomic E-state index is 4.58. The summed E-state index contributed by atoms with van der Waals surface area (Å²) < 4.78 is 0. The number of hydrogen-bond acceptors (Lipinski definition) is 4. The second kappa shape index (κ2) is 5.58. The number of fused-ring (bicyclic) bond motifs is 3. The van der Waals surface area contributed by atoms with Crippen molar-refractivity contribution < 1.29 is 0 Å². The first-order valence-electron chi connectivity index (χ1n) is 8.44. The van der Waals surface area contributed by atoms with Crippen molar-refractivity contribution in [1.29, 1.82) is 0 Å². The lowest BCUT2D eigenvalue weighted by Crippen LogP contribution is -2.61. The van der Waals surface area contributed by atoms with Crippen LogP contribution in [0.1, 0.15) is 18.4 Å². The van der Waals surface area contributed by atoms with Gasteiger partial charge in [-0.3, -0.25) is 4.90 Å². The van der Waals surface area contributed by atoms with Crippen molar-refractivity contribution in [2.45, 2.75) is 25.8 Å². The van der Waals surface area contributed by atoms with Crippen molar-refractivity contribution >= 4 is 5.82 Å². The van der Waals surface area contributed by atoms with E-state index in [2.05, 4.69) is 32.7 Å². The summed E-state index contributed by atoms with van der Waals surface area (Å²) in [5.41, 5.74) is 1.30. The van der Waals surface area contributed by atoms with Crippen molar-refractivity contribution in [2.24, 2.45) is 5.92 Å². The van der Waals surface area contributed by atoms with Gasteiger partial charge in [0.2, 0.25) is 0 Å². The molecule has 1 aromatic rings. The third kappa shape index (κ3) is 2.55. The molecule has 4 aliphatic rings. The van der Waals surface area contributed by atoms with Gasteiger partial charge in [-0.25, -0.2) is 4.98 Å². The lowest BCUT2D eigenvalue weighted by atomic mass is 9.83. The fourth-order valence-corrected chi connectivity index (χ4v) is 4.42. The lowest BCUT2D eigenvalue weighted by Gasteiger charge is -2.51. The molecule has 0 radical (unpaired) electrons. The smallest absolute Gasteiger partial charge is 0.131 e. The highest BCUT2D eigenvalue weighted by atomic mass is 15.3. The summed E-state index contributed by atoms with van der Waals surface area (Å²) in [4.78, 5) is 12.5. The van der Waals surface area contributed by atoms with Gasteiger partial charge in [-0.05, 0) is 50.4 Å². The zero-order valence-electron chi connectivity index (χ0n) is 13.0. The molecule has 5 heterocycles. The van der Waals surface area contributed by atoms with Crippen LogP contribution >= 0.6 is 0 Å². The van der Waals surface area contributed by atoms with Crippen molar-refractivity contribution in [3.8, 4) is 0 Å². The zero-order chi connectivity index (χ0) is 14.2. The van der Waals surface area contributed by atoms with E-state index in [0.29, 0.717) is 0 Å². The van der Waals surface area contributed by atoms with Crippen molar-refractivity contribution in [3.05, 3.63) is 23.9 Å². The van der Waals surface area contributed by atoms with Crippen LogP contribution in [0, 0.1) is 12.8 Å². The number of rotatable bonds is 2. The molecular formula is C17H26N4. The molecule has 2 bridgehead atoms. The van der Waals surface area contributed by atoms with Crippen LogP contribution in [0.3, 0.4) is 0 Å². The molecule has 0 aromatic carbocycles. The van der Waals surface area contributed by atoms with E-state index in [4.69, 9.17) is 0 Å². The maximum absolute atomic E-state index is 4.58. The van der Waals surface area contributed by atoms with Gasteiger partial charge >= 0.3 is 0 Å². The summed E-state index contributed by atoms with van der Waals surface area (Å²) in [6.07, 6.45) is 4.76. The van der Waals surface area contributed by atoms with Gasteiger partial charge in [0.1, 0.15) is 5.82 Å². The van der Waals surface area contributed by atoms with E-state index in [0.717, 1.165) is 25.0 Å². The average Bonchev–Trinajstić information content (AvgIpc) is 2.57. The Labute approximate surface area is 127 Å². The Balaban J connectivity index is 1.40. The Hall–Kier alpha value is -1.13. The number of anilines is 1. The molecule has 4 aliphatic heterocycles. The molecule has 4 nitrogen and oxygen atoms in total. The van der Waals surface area contributed by atoms with Crippen LogP contribution in [0.25, 0.3) is 0 Å². The van der Waals surface area contributed by atoms with Gasteiger partial charge in [0, 0.05) is 45.0 Å². The summed E-state index contributed by atoms with van der Waals surface area (Å²) >= 11 is 0. The van der Waals surface area contributed by atoms with Crippen molar-refractivity contribution in [1.82, 2.24) is 14.8 Å².